The maximum Gasteiger partial charge on any atom is 0 e. The van der Waals surface area contributed by atoms with E-state index in [0.717, 1.165) is 0 Å². The van der Waals surface area contributed by atoms with Crippen LogP contribution < -0.4 is 0 Å². The van der Waals surface area contributed by atoms with E-state index in [2.05, 4.69) is 0 Å². The van der Waals surface area contributed by atoms with Crippen LogP contribution in [0.25, 0.3) is 0 Å². The van der Waals surface area contributed by atoms with Crippen molar-refractivity contribution >= 4 is 47.3 Å². The molecular weight excluding hydrogens is 681 g/mol. The van der Waals surface area contributed by atoms with Crippen molar-refractivity contribution in [3.63, 3.8) is 0 Å². The van der Waals surface area contributed by atoms with Gasteiger partial charge in [0.2, 0.25) is 0 Å². The molecule has 0 aliphatic carbocycles. The third kappa shape index (κ3) is 17.8. The van der Waals surface area contributed by atoms with Crippen LogP contribution in [0.2, 0.25) is 0 Å². The summed E-state index contributed by atoms with van der Waals surface area (Å²) in [6, 6.07) is 0. The van der Waals surface area contributed by atoms with Crippen molar-refractivity contribution in [3.05, 3.63) is 0 Å². The standard InChI is InChI=1S/2Cd.Hg.2Te. The van der Waals surface area contributed by atoms with Crippen LogP contribution in [-0.4, -0.2) is 47.3 Å². The molecule has 0 spiro atoms. The van der Waals surface area contributed by atoms with Crippen LogP contribution in [0, 0.1) is 0 Å². The number of rotatable bonds is 0. The predicted octanol–water partition coefficient (Wildman–Crippen LogP) is -0.769. The average Bonchev–Trinajstić information content (AvgIpc) is 0. The summed E-state index contributed by atoms with van der Waals surface area (Å²) in [6.07, 6.45) is 0. The molecule has 18 valence electrons. The number of hydrogen-bond acceptors (Lipinski definition) is 0. The molecule has 0 aliphatic heterocycles. The Morgan fingerprint density at radius 3 is 0.600 bits per heavy atom. The first-order valence-corrected chi connectivity index (χ1v) is 0. The number of hydrogen-bond donors (Lipinski definition) is 0. The fourth-order valence-electron chi connectivity index (χ4n) is 0. The molecule has 0 N–H and O–H groups in total. The summed E-state index contributed by atoms with van der Waals surface area (Å²) in [5, 5.41) is 0. The summed E-state index contributed by atoms with van der Waals surface area (Å²) in [7, 11) is 0. The van der Waals surface area contributed by atoms with Crippen LogP contribution in [-0.2, 0) is 82.3 Å². The molecule has 0 aromatic carbocycles. The maximum atomic E-state index is 0. The molecule has 0 saturated heterocycles. The molecule has 0 fully saturated rings. The smallest absolute Gasteiger partial charge is 0 e. The van der Waals surface area contributed by atoms with Crippen molar-refractivity contribution in [2.75, 3.05) is 0 Å². The van der Waals surface area contributed by atoms with Gasteiger partial charge in [-0.15, -0.1) is 0 Å². The van der Waals surface area contributed by atoms with Gasteiger partial charge in [-0.2, -0.15) is 0 Å². The molecule has 0 unspecified atom stereocenters. The van der Waals surface area contributed by atoms with Crippen LogP contribution in [0.1, 0.15) is 0 Å². The molecule has 0 atom stereocenters. The summed E-state index contributed by atoms with van der Waals surface area (Å²) in [5.74, 6) is 0. The molecular formula is Cd2HgTe2. The zero-order chi connectivity index (χ0) is 0. The van der Waals surface area contributed by atoms with Crippen molar-refractivity contribution in [1.82, 2.24) is 0 Å². The predicted molar refractivity (Wildman–Crippen MR) is 11.5 cm³/mol. The fourth-order valence-corrected chi connectivity index (χ4v) is 0. The van der Waals surface area contributed by atoms with E-state index in [9.17, 15) is 0 Å². The molecule has 5 heteroatoms. The van der Waals surface area contributed by atoms with Crippen molar-refractivity contribution in [3.8, 4) is 0 Å². The monoisotopic (exact) mass is 690 g/mol. The molecule has 0 aromatic heterocycles. The maximum absolute atomic E-state index is 0. The molecule has 5 heavy (non-hydrogen) atoms. The van der Waals surface area contributed by atoms with Gasteiger partial charge in [-0.05, 0) is 0 Å². The minimum Gasteiger partial charge on any atom is 0 e. The van der Waals surface area contributed by atoms with E-state index < -0.39 is 0 Å². The summed E-state index contributed by atoms with van der Waals surface area (Å²) >= 11 is 0. The van der Waals surface area contributed by atoms with E-state index >= 15 is 0 Å². The molecule has 0 aromatic rings. The van der Waals surface area contributed by atoms with E-state index in [1.165, 1.54) is 0 Å². The summed E-state index contributed by atoms with van der Waals surface area (Å²) in [4.78, 5) is 0. The van der Waals surface area contributed by atoms with Gasteiger partial charge >= 0.3 is 0 Å². The van der Waals surface area contributed by atoms with Gasteiger partial charge in [0.25, 0.3) is 0 Å². The molecule has 0 aliphatic rings. The first-order valence-electron chi connectivity index (χ1n) is 0. The van der Waals surface area contributed by atoms with E-state index in [0.29, 0.717) is 0 Å². The van der Waals surface area contributed by atoms with Crippen LogP contribution >= 0.6 is 0 Å². The van der Waals surface area contributed by atoms with Crippen LogP contribution in [0.3, 0.4) is 0 Å². The summed E-state index contributed by atoms with van der Waals surface area (Å²) in [5.41, 5.74) is 0. The molecule has 0 heterocycles. The van der Waals surface area contributed by atoms with Crippen molar-refractivity contribution in [2.45, 2.75) is 0 Å². The van der Waals surface area contributed by atoms with Crippen molar-refractivity contribution < 1.29 is 82.3 Å². The third-order valence-electron chi connectivity index (χ3n) is 0. The van der Waals surface area contributed by atoms with Crippen LogP contribution in [0.15, 0.2) is 0 Å². The average molecular weight is 681 g/mol. The summed E-state index contributed by atoms with van der Waals surface area (Å²) < 4.78 is 0. The Kier molecular flexibility index (Phi) is 164. The van der Waals surface area contributed by atoms with Gasteiger partial charge in [0.15, 0.2) is 0 Å². The second kappa shape index (κ2) is 23.8. The third-order valence-corrected chi connectivity index (χ3v) is 0. The molecule has 0 bridgehead atoms. The van der Waals surface area contributed by atoms with Gasteiger partial charge in [0.1, 0.15) is 0 Å². The van der Waals surface area contributed by atoms with Gasteiger partial charge in [0, 0.05) is 130 Å². The first kappa shape index (κ1) is 34.4. The Hall–Kier alpha value is 4.36. The molecule has 0 rings (SSSR count). The van der Waals surface area contributed by atoms with Crippen LogP contribution in [0.5, 0.6) is 0 Å². The second-order valence-corrected chi connectivity index (χ2v) is 0. The normalized spacial score (nSPS) is 0. The van der Waals surface area contributed by atoms with Gasteiger partial charge < -0.3 is 0 Å². The second-order valence-electron chi connectivity index (χ2n) is 0. The van der Waals surface area contributed by atoms with Crippen LogP contribution in [0.4, 0.5) is 0 Å². The Morgan fingerprint density at radius 1 is 0.600 bits per heavy atom. The minimum absolute atomic E-state index is 0. The molecule has 0 nitrogen and oxygen atoms in total. The SMILES string of the molecule is [Cd].[Cd].[Hg].[Te].[Te]. The molecule has 0 amide bonds. The van der Waals surface area contributed by atoms with E-state index in [-0.39, 0.29) is 130 Å². The van der Waals surface area contributed by atoms with E-state index in [4.69, 9.17) is 0 Å². The molecule has 0 saturated carbocycles. The largest absolute Gasteiger partial charge is 0 e. The van der Waals surface area contributed by atoms with Crippen molar-refractivity contribution in [2.24, 2.45) is 0 Å². The zero-order valence-corrected chi connectivity index (χ0v) is 21.2. The van der Waals surface area contributed by atoms with Gasteiger partial charge in [-0.3, -0.25) is 0 Å². The Morgan fingerprint density at radius 2 is 0.600 bits per heavy atom. The molecule has 4 radical (unpaired) electrons. The topological polar surface area (TPSA) is 0 Å². The van der Waals surface area contributed by atoms with Gasteiger partial charge in [-0.25, -0.2) is 0 Å². The quantitative estimate of drug-likeness (QED) is 0.296. The minimum atomic E-state index is 0. The van der Waals surface area contributed by atoms with Crippen molar-refractivity contribution in [1.29, 1.82) is 0 Å². The Balaban J connectivity index is 0. The first-order chi connectivity index (χ1) is 0. The van der Waals surface area contributed by atoms with E-state index in [1.807, 2.05) is 0 Å². The van der Waals surface area contributed by atoms with Gasteiger partial charge in [-0.1, -0.05) is 0 Å². The zero-order valence-electron chi connectivity index (χ0n) is 2.94. The fraction of sp³-hybridized carbons (Fsp3) is 0. The Labute approximate surface area is 126 Å². The Bertz CT molecular complexity index is 7.61. The summed E-state index contributed by atoms with van der Waals surface area (Å²) in [6.45, 7) is 0. The van der Waals surface area contributed by atoms with E-state index in [1.54, 1.807) is 0 Å². The van der Waals surface area contributed by atoms with Gasteiger partial charge in [0.05, 0.1) is 0 Å².